The molecule has 0 saturated heterocycles. The quantitative estimate of drug-likeness (QED) is 0.624. The molecule has 0 unspecified atom stereocenters. The standard InChI is InChI=1S/C21H18Cl3FN2O3/c22-14-2-1-3-15(23)13(14)7-26-19(29)20-9-21(10-20,11-20)27-18(28)8-30-12-4-5-16(24)17(25)6-12/h1-6H,7-11H2,(H,26,29)(H,27,28). The van der Waals surface area contributed by atoms with Crippen molar-refractivity contribution in [1.82, 2.24) is 10.6 Å². The number of carbonyl (C=O) groups excluding carboxylic acids is 2. The van der Waals surface area contributed by atoms with Crippen molar-refractivity contribution in [3.05, 3.63) is 62.8 Å². The summed E-state index contributed by atoms with van der Waals surface area (Å²) >= 11 is 17.9. The van der Waals surface area contributed by atoms with Crippen LogP contribution in [-0.2, 0) is 16.1 Å². The SMILES string of the molecule is O=C(COc1ccc(Cl)c(F)c1)NC12CC(C(=O)NCc3c(Cl)cccc3Cl)(C1)C2. The van der Waals surface area contributed by atoms with Gasteiger partial charge in [0.25, 0.3) is 5.91 Å². The molecule has 158 valence electrons. The molecule has 5 rings (SSSR count). The van der Waals surface area contributed by atoms with E-state index >= 15 is 0 Å². The van der Waals surface area contributed by atoms with Crippen molar-refractivity contribution in [1.29, 1.82) is 0 Å². The van der Waals surface area contributed by atoms with Crippen LogP contribution in [0.4, 0.5) is 4.39 Å². The Bertz CT molecular complexity index is 991. The summed E-state index contributed by atoms with van der Waals surface area (Å²) in [5.74, 6) is -0.775. The van der Waals surface area contributed by atoms with E-state index in [9.17, 15) is 14.0 Å². The van der Waals surface area contributed by atoms with Crippen molar-refractivity contribution in [2.24, 2.45) is 5.41 Å². The Labute approximate surface area is 187 Å². The van der Waals surface area contributed by atoms with E-state index in [1.54, 1.807) is 18.2 Å². The zero-order valence-electron chi connectivity index (χ0n) is 15.7. The van der Waals surface area contributed by atoms with Gasteiger partial charge in [0, 0.05) is 33.8 Å². The highest BCUT2D eigenvalue weighted by atomic mass is 35.5. The van der Waals surface area contributed by atoms with Crippen LogP contribution in [0, 0.1) is 11.2 Å². The lowest BCUT2D eigenvalue weighted by Crippen LogP contribution is -2.78. The summed E-state index contributed by atoms with van der Waals surface area (Å²) in [6, 6.07) is 9.17. The second-order valence-corrected chi connectivity index (χ2v) is 9.11. The van der Waals surface area contributed by atoms with Crippen LogP contribution in [0.15, 0.2) is 36.4 Å². The first-order valence-electron chi connectivity index (χ1n) is 9.32. The van der Waals surface area contributed by atoms with E-state index in [0.29, 0.717) is 34.9 Å². The first-order chi connectivity index (χ1) is 14.2. The van der Waals surface area contributed by atoms with Crippen molar-refractivity contribution in [3.63, 3.8) is 0 Å². The van der Waals surface area contributed by atoms with E-state index in [1.165, 1.54) is 12.1 Å². The van der Waals surface area contributed by atoms with E-state index in [2.05, 4.69) is 10.6 Å². The molecule has 2 aromatic carbocycles. The van der Waals surface area contributed by atoms with Crippen LogP contribution in [0.25, 0.3) is 0 Å². The van der Waals surface area contributed by atoms with Crippen molar-refractivity contribution in [2.45, 2.75) is 31.3 Å². The average molecular weight is 472 g/mol. The highest BCUT2D eigenvalue weighted by Gasteiger charge is 2.72. The normalized spacial score (nSPS) is 23.7. The fourth-order valence-corrected chi connectivity index (χ4v) is 4.91. The lowest BCUT2D eigenvalue weighted by atomic mass is 9.39. The third kappa shape index (κ3) is 3.96. The molecule has 0 radical (unpaired) electrons. The lowest BCUT2D eigenvalue weighted by molar-refractivity contribution is -0.184. The van der Waals surface area contributed by atoms with E-state index in [-0.39, 0.29) is 41.3 Å². The maximum Gasteiger partial charge on any atom is 0.258 e. The maximum absolute atomic E-state index is 13.4. The van der Waals surface area contributed by atoms with Gasteiger partial charge >= 0.3 is 0 Å². The van der Waals surface area contributed by atoms with Gasteiger partial charge in [-0.3, -0.25) is 9.59 Å². The van der Waals surface area contributed by atoms with E-state index in [1.807, 2.05) is 0 Å². The first kappa shape index (κ1) is 21.2. The fourth-order valence-electron chi connectivity index (χ4n) is 4.27. The van der Waals surface area contributed by atoms with Gasteiger partial charge in [-0.1, -0.05) is 40.9 Å². The molecule has 5 nitrogen and oxygen atoms in total. The number of amides is 2. The molecule has 0 aliphatic heterocycles. The third-order valence-electron chi connectivity index (χ3n) is 5.66. The average Bonchev–Trinajstić information content (AvgIpc) is 2.64. The Morgan fingerprint density at radius 2 is 1.70 bits per heavy atom. The van der Waals surface area contributed by atoms with Crippen LogP contribution in [0.1, 0.15) is 24.8 Å². The highest BCUT2D eigenvalue weighted by Crippen LogP contribution is 2.67. The predicted molar refractivity (Wildman–Crippen MR) is 112 cm³/mol. The van der Waals surface area contributed by atoms with Gasteiger partial charge in [-0.25, -0.2) is 4.39 Å². The zero-order chi connectivity index (χ0) is 21.5. The van der Waals surface area contributed by atoms with E-state index in [0.717, 1.165) is 6.07 Å². The molecule has 0 heterocycles. The monoisotopic (exact) mass is 470 g/mol. The Kier molecular flexibility index (Phi) is 5.60. The molecule has 3 aliphatic carbocycles. The van der Waals surface area contributed by atoms with Crippen molar-refractivity contribution < 1.29 is 18.7 Å². The van der Waals surface area contributed by atoms with Gasteiger partial charge < -0.3 is 15.4 Å². The molecule has 2 bridgehead atoms. The molecule has 0 spiro atoms. The summed E-state index contributed by atoms with van der Waals surface area (Å²) in [5, 5.41) is 6.81. The van der Waals surface area contributed by atoms with E-state index < -0.39 is 11.2 Å². The second kappa shape index (κ2) is 7.91. The van der Waals surface area contributed by atoms with Gasteiger partial charge in [0.05, 0.1) is 10.4 Å². The van der Waals surface area contributed by atoms with Crippen LogP contribution >= 0.6 is 34.8 Å². The molecule has 30 heavy (non-hydrogen) atoms. The molecule has 2 N–H and O–H groups in total. The molecule has 0 atom stereocenters. The maximum atomic E-state index is 13.4. The Hall–Kier alpha value is -2.02. The van der Waals surface area contributed by atoms with Gasteiger partial charge in [0.15, 0.2) is 6.61 Å². The fraction of sp³-hybridized carbons (Fsp3) is 0.333. The molecular formula is C21H18Cl3FN2O3. The number of benzene rings is 2. The van der Waals surface area contributed by atoms with Crippen LogP contribution in [0.2, 0.25) is 15.1 Å². The minimum absolute atomic E-state index is 0.0129. The highest BCUT2D eigenvalue weighted by molar-refractivity contribution is 6.36. The van der Waals surface area contributed by atoms with Gasteiger partial charge in [-0.15, -0.1) is 0 Å². The van der Waals surface area contributed by atoms with Gasteiger partial charge in [-0.2, -0.15) is 0 Å². The molecular weight excluding hydrogens is 454 g/mol. The van der Waals surface area contributed by atoms with Gasteiger partial charge in [-0.05, 0) is 43.5 Å². The number of hydrogen-bond donors (Lipinski definition) is 2. The Morgan fingerprint density at radius 3 is 2.33 bits per heavy atom. The lowest BCUT2D eigenvalue weighted by Gasteiger charge is -2.69. The van der Waals surface area contributed by atoms with Crippen LogP contribution in [-0.4, -0.2) is 24.0 Å². The zero-order valence-corrected chi connectivity index (χ0v) is 18.0. The predicted octanol–water partition coefficient (Wildman–Crippen LogP) is 4.52. The largest absolute Gasteiger partial charge is 0.484 e. The smallest absolute Gasteiger partial charge is 0.258 e. The van der Waals surface area contributed by atoms with Crippen molar-refractivity contribution >= 4 is 46.6 Å². The summed E-state index contributed by atoms with van der Waals surface area (Å²) in [5.41, 5.74) is -0.147. The van der Waals surface area contributed by atoms with E-state index in [4.69, 9.17) is 39.5 Å². The topological polar surface area (TPSA) is 67.4 Å². The molecule has 3 fully saturated rings. The molecule has 2 amide bonds. The Morgan fingerprint density at radius 1 is 1.03 bits per heavy atom. The number of hydrogen-bond acceptors (Lipinski definition) is 3. The van der Waals surface area contributed by atoms with Gasteiger partial charge in [0.1, 0.15) is 11.6 Å². The van der Waals surface area contributed by atoms with Crippen LogP contribution in [0.3, 0.4) is 0 Å². The summed E-state index contributed by atoms with van der Waals surface area (Å²) in [6.45, 7) is 0.0109. The van der Waals surface area contributed by atoms with Crippen molar-refractivity contribution in [3.8, 4) is 5.75 Å². The number of ether oxygens (including phenoxy) is 1. The first-order valence-corrected chi connectivity index (χ1v) is 10.5. The van der Waals surface area contributed by atoms with Crippen molar-refractivity contribution in [2.75, 3.05) is 6.61 Å². The minimum atomic E-state index is -0.611. The minimum Gasteiger partial charge on any atom is -0.484 e. The molecule has 0 aromatic heterocycles. The molecule has 3 saturated carbocycles. The molecule has 9 heteroatoms. The second-order valence-electron chi connectivity index (χ2n) is 7.89. The van der Waals surface area contributed by atoms with Gasteiger partial charge in [0.2, 0.25) is 5.91 Å². The molecule has 2 aromatic rings. The number of carbonyl (C=O) groups is 2. The summed E-state index contributed by atoms with van der Waals surface area (Å²) in [7, 11) is 0. The summed E-state index contributed by atoms with van der Waals surface area (Å²) in [4.78, 5) is 24.8. The number of nitrogens with one attached hydrogen (secondary N) is 2. The summed E-state index contributed by atoms with van der Waals surface area (Å²) in [6.07, 6.45) is 1.72. The number of rotatable bonds is 7. The Balaban J connectivity index is 1.23. The molecule has 3 aliphatic rings. The van der Waals surface area contributed by atoms with Crippen LogP contribution in [0.5, 0.6) is 5.75 Å². The third-order valence-corrected chi connectivity index (χ3v) is 6.68. The summed E-state index contributed by atoms with van der Waals surface area (Å²) < 4.78 is 18.7. The van der Waals surface area contributed by atoms with Crippen LogP contribution < -0.4 is 15.4 Å². The number of halogens is 4.